The summed E-state index contributed by atoms with van der Waals surface area (Å²) in [5.41, 5.74) is 3.57. The summed E-state index contributed by atoms with van der Waals surface area (Å²) in [5.74, 6) is 0. The van der Waals surface area contributed by atoms with Crippen LogP contribution in [0.2, 0.25) is 10.0 Å². The highest BCUT2D eigenvalue weighted by Crippen LogP contribution is 2.23. The van der Waals surface area contributed by atoms with Crippen molar-refractivity contribution in [1.29, 1.82) is 0 Å². The lowest BCUT2D eigenvalue weighted by Gasteiger charge is -2.08. The van der Waals surface area contributed by atoms with Crippen molar-refractivity contribution in [3.8, 4) is 0 Å². The number of aryl methyl sites for hydroxylation is 1. The molecule has 2 rings (SSSR count). The van der Waals surface area contributed by atoms with Crippen LogP contribution in [0.4, 0.5) is 5.69 Å². The predicted molar refractivity (Wildman–Crippen MR) is 79.6 cm³/mol. The van der Waals surface area contributed by atoms with E-state index in [2.05, 4.69) is 36.5 Å². The maximum absolute atomic E-state index is 5.98. The van der Waals surface area contributed by atoms with Gasteiger partial charge in [-0.25, -0.2) is 0 Å². The van der Waals surface area contributed by atoms with E-state index in [0.717, 1.165) is 24.2 Å². The third-order valence-electron chi connectivity index (χ3n) is 2.84. The first-order chi connectivity index (χ1) is 8.69. The van der Waals surface area contributed by atoms with Crippen molar-refractivity contribution in [3.63, 3.8) is 0 Å². The Morgan fingerprint density at radius 2 is 1.56 bits per heavy atom. The lowest BCUT2D eigenvalue weighted by molar-refractivity contribution is 1.12. The molecule has 0 aliphatic rings. The van der Waals surface area contributed by atoms with E-state index >= 15 is 0 Å². The lowest BCUT2D eigenvalue weighted by Crippen LogP contribution is -1.99. The van der Waals surface area contributed by atoms with Gasteiger partial charge in [0, 0.05) is 12.2 Å². The minimum atomic E-state index is 0.590. The summed E-state index contributed by atoms with van der Waals surface area (Å²) < 4.78 is 0. The van der Waals surface area contributed by atoms with Crippen LogP contribution in [-0.4, -0.2) is 0 Å². The average molecular weight is 280 g/mol. The van der Waals surface area contributed by atoms with E-state index in [1.165, 1.54) is 5.56 Å². The quantitative estimate of drug-likeness (QED) is 0.814. The van der Waals surface area contributed by atoms with Crippen molar-refractivity contribution in [2.45, 2.75) is 19.9 Å². The van der Waals surface area contributed by atoms with E-state index in [-0.39, 0.29) is 0 Å². The van der Waals surface area contributed by atoms with Crippen LogP contribution in [0.3, 0.4) is 0 Å². The van der Waals surface area contributed by atoms with Crippen LogP contribution in [-0.2, 0) is 13.0 Å². The molecule has 2 aromatic carbocycles. The topological polar surface area (TPSA) is 12.0 Å². The molecule has 0 unspecified atom stereocenters. The second kappa shape index (κ2) is 6.12. The molecule has 18 heavy (non-hydrogen) atoms. The average Bonchev–Trinajstić information content (AvgIpc) is 2.41. The van der Waals surface area contributed by atoms with E-state index in [4.69, 9.17) is 23.2 Å². The number of benzene rings is 2. The normalized spacial score (nSPS) is 10.4. The monoisotopic (exact) mass is 279 g/mol. The number of hydrogen-bond acceptors (Lipinski definition) is 1. The SMILES string of the molecule is CCc1ccc(NCc2ccc(Cl)c(Cl)c2)cc1. The van der Waals surface area contributed by atoms with E-state index in [1.807, 2.05) is 18.2 Å². The highest BCUT2D eigenvalue weighted by atomic mass is 35.5. The largest absolute Gasteiger partial charge is 0.381 e. The first kappa shape index (κ1) is 13.3. The van der Waals surface area contributed by atoms with Crippen molar-refractivity contribution in [3.05, 3.63) is 63.6 Å². The third kappa shape index (κ3) is 3.41. The summed E-state index contributed by atoms with van der Waals surface area (Å²) in [6.07, 6.45) is 1.06. The van der Waals surface area contributed by atoms with Crippen LogP contribution >= 0.6 is 23.2 Å². The third-order valence-corrected chi connectivity index (χ3v) is 3.58. The molecule has 0 aliphatic carbocycles. The Balaban J connectivity index is 1.99. The highest BCUT2D eigenvalue weighted by molar-refractivity contribution is 6.42. The van der Waals surface area contributed by atoms with Gasteiger partial charge in [0.05, 0.1) is 10.0 Å². The van der Waals surface area contributed by atoms with Crippen molar-refractivity contribution in [1.82, 2.24) is 0 Å². The van der Waals surface area contributed by atoms with Crippen LogP contribution < -0.4 is 5.32 Å². The molecule has 0 atom stereocenters. The Hall–Kier alpha value is -1.18. The van der Waals surface area contributed by atoms with Gasteiger partial charge in [-0.2, -0.15) is 0 Å². The molecule has 0 spiro atoms. The van der Waals surface area contributed by atoms with Crippen LogP contribution in [0.25, 0.3) is 0 Å². The molecule has 0 heterocycles. The molecule has 0 aromatic heterocycles. The van der Waals surface area contributed by atoms with Gasteiger partial charge in [0.2, 0.25) is 0 Å². The molecule has 0 bridgehead atoms. The number of halogens is 2. The Bertz CT molecular complexity index is 521. The molecule has 1 nitrogen and oxygen atoms in total. The fourth-order valence-electron chi connectivity index (χ4n) is 1.71. The van der Waals surface area contributed by atoms with Crippen LogP contribution in [0.5, 0.6) is 0 Å². The zero-order chi connectivity index (χ0) is 13.0. The lowest BCUT2D eigenvalue weighted by atomic mass is 10.1. The van der Waals surface area contributed by atoms with E-state index in [1.54, 1.807) is 0 Å². The molecule has 2 aromatic rings. The van der Waals surface area contributed by atoms with Gasteiger partial charge in [-0.1, -0.05) is 48.3 Å². The molecular formula is C15H15Cl2N. The number of anilines is 1. The first-order valence-electron chi connectivity index (χ1n) is 5.96. The van der Waals surface area contributed by atoms with Crippen molar-refractivity contribution >= 4 is 28.9 Å². The molecule has 0 fully saturated rings. The van der Waals surface area contributed by atoms with Gasteiger partial charge in [0.15, 0.2) is 0 Å². The Labute approximate surface area is 118 Å². The van der Waals surface area contributed by atoms with Gasteiger partial charge in [0.25, 0.3) is 0 Å². The summed E-state index contributed by atoms with van der Waals surface area (Å²) in [6, 6.07) is 14.1. The summed E-state index contributed by atoms with van der Waals surface area (Å²) in [5, 5.41) is 4.54. The maximum atomic E-state index is 5.98. The van der Waals surface area contributed by atoms with Gasteiger partial charge >= 0.3 is 0 Å². The van der Waals surface area contributed by atoms with E-state index < -0.39 is 0 Å². The van der Waals surface area contributed by atoms with E-state index in [0.29, 0.717) is 10.0 Å². The van der Waals surface area contributed by atoms with Gasteiger partial charge in [0.1, 0.15) is 0 Å². The molecule has 0 radical (unpaired) electrons. The Kier molecular flexibility index (Phi) is 4.51. The van der Waals surface area contributed by atoms with Crippen molar-refractivity contribution in [2.24, 2.45) is 0 Å². The standard InChI is InChI=1S/C15H15Cl2N/c1-2-11-3-6-13(7-4-11)18-10-12-5-8-14(16)15(17)9-12/h3-9,18H,2,10H2,1H3. The molecule has 0 saturated carbocycles. The summed E-state index contributed by atoms with van der Waals surface area (Å²) in [7, 11) is 0. The maximum Gasteiger partial charge on any atom is 0.0595 e. The van der Waals surface area contributed by atoms with Crippen molar-refractivity contribution < 1.29 is 0 Å². The molecular weight excluding hydrogens is 265 g/mol. The van der Waals surface area contributed by atoms with Gasteiger partial charge < -0.3 is 5.32 Å². The van der Waals surface area contributed by atoms with Crippen LogP contribution in [0.15, 0.2) is 42.5 Å². The summed E-state index contributed by atoms with van der Waals surface area (Å²) >= 11 is 11.9. The van der Waals surface area contributed by atoms with Gasteiger partial charge in [-0.05, 0) is 41.8 Å². The van der Waals surface area contributed by atoms with Crippen LogP contribution in [0.1, 0.15) is 18.1 Å². The molecule has 0 amide bonds. The molecule has 3 heteroatoms. The second-order valence-corrected chi connectivity index (χ2v) is 4.97. The zero-order valence-electron chi connectivity index (χ0n) is 10.2. The Morgan fingerprint density at radius 1 is 0.889 bits per heavy atom. The molecule has 94 valence electrons. The molecule has 1 N–H and O–H groups in total. The van der Waals surface area contributed by atoms with Crippen LogP contribution in [0, 0.1) is 0 Å². The highest BCUT2D eigenvalue weighted by Gasteiger charge is 1.99. The minimum Gasteiger partial charge on any atom is -0.381 e. The fraction of sp³-hybridized carbons (Fsp3) is 0.200. The smallest absolute Gasteiger partial charge is 0.0595 e. The zero-order valence-corrected chi connectivity index (χ0v) is 11.7. The number of rotatable bonds is 4. The van der Waals surface area contributed by atoms with Gasteiger partial charge in [-0.3, -0.25) is 0 Å². The predicted octanol–water partition coefficient (Wildman–Crippen LogP) is 5.17. The minimum absolute atomic E-state index is 0.590. The number of hydrogen-bond donors (Lipinski definition) is 1. The fourth-order valence-corrected chi connectivity index (χ4v) is 2.03. The summed E-state index contributed by atoms with van der Waals surface area (Å²) in [6.45, 7) is 2.89. The molecule has 0 saturated heterocycles. The molecule has 0 aliphatic heterocycles. The Morgan fingerprint density at radius 3 is 2.17 bits per heavy atom. The second-order valence-electron chi connectivity index (χ2n) is 4.15. The number of nitrogens with one attached hydrogen (secondary N) is 1. The first-order valence-corrected chi connectivity index (χ1v) is 6.71. The van der Waals surface area contributed by atoms with Crippen molar-refractivity contribution in [2.75, 3.05) is 5.32 Å². The summed E-state index contributed by atoms with van der Waals surface area (Å²) in [4.78, 5) is 0. The van der Waals surface area contributed by atoms with Gasteiger partial charge in [-0.15, -0.1) is 0 Å². The van der Waals surface area contributed by atoms with E-state index in [9.17, 15) is 0 Å².